The number of allylic oxidation sites excluding steroid dienone is 2. The van der Waals surface area contributed by atoms with Crippen molar-refractivity contribution in [1.82, 2.24) is 4.90 Å². The van der Waals surface area contributed by atoms with Gasteiger partial charge in [0.1, 0.15) is 0 Å². The Morgan fingerprint density at radius 3 is 1.79 bits per heavy atom. The normalized spacial score (nSPS) is 15.6. The number of rotatable bonds is 5. The van der Waals surface area contributed by atoms with Crippen molar-refractivity contribution in [3.8, 4) is 0 Å². The summed E-state index contributed by atoms with van der Waals surface area (Å²) in [5.74, 6) is -0.294. The van der Waals surface area contributed by atoms with E-state index in [9.17, 15) is 36.2 Å². The van der Waals surface area contributed by atoms with Crippen molar-refractivity contribution >= 4 is 11.5 Å². The van der Waals surface area contributed by atoms with Crippen LogP contribution in [0.15, 0.2) is 66.8 Å². The van der Waals surface area contributed by atoms with Gasteiger partial charge < -0.3 is 10.0 Å². The number of hydrogen-bond acceptors (Lipinski definition) is 2. The number of benzene rings is 2. The van der Waals surface area contributed by atoms with E-state index in [1.165, 1.54) is 23.1 Å². The number of alkyl halides is 6. The van der Waals surface area contributed by atoms with Gasteiger partial charge in [-0.25, -0.2) is 0 Å². The van der Waals surface area contributed by atoms with E-state index >= 15 is 0 Å². The number of carbonyl (C=O) groups is 1. The topological polar surface area (TPSA) is 40.5 Å². The van der Waals surface area contributed by atoms with Crippen molar-refractivity contribution in [3.05, 3.63) is 89.0 Å². The minimum atomic E-state index is -4.79. The molecule has 0 atom stereocenters. The van der Waals surface area contributed by atoms with Crippen LogP contribution in [0.25, 0.3) is 5.57 Å². The lowest BCUT2D eigenvalue weighted by molar-refractivity contribution is -0.138. The quantitative estimate of drug-likeness (QED) is 0.325. The molecule has 0 saturated carbocycles. The van der Waals surface area contributed by atoms with Crippen LogP contribution in [-0.4, -0.2) is 35.6 Å². The number of carbonyl (C=O) groups excluding carboxylic acids is 1. The molecule has 3 nitrogen and oxygen atoms in total. The molecule has 3 rings (SSSR count). The molecular weight excluding hydrogens is 460 g/mol. The molecule has 0 radical (unpaired) electrons. The molecule has 34 heavy (non-hydrogen) atoms. The van der Waals surface area contributed by atoms with Gasteiger partial charge in [0.2, 0.25) is 5.91 Å². The Bertz CT molecular complexity index is 1000. The largest absolute Gasteiger partial charge is 0.417 e. The molecule has 1 aliphatic heterocycles. The third-order valence-corrected chi connectivity index (χ3v) is 5.73. The molecule has 0 unspecified atom stereocenters. The zero-order valence-corrected chi connectivity index (χ0v) is 18.0. The van der Waals surface area contributed by atoms with Gasteiger partial charge in [0.05, 0.1) is 11.1 Å². The Hall–Kier alpha value is -3.07. The van der Waals surface area contributed by atoms with Crippen LogP contribution in [0.5, 0.6) is 0 Å². The number of aliphatic hydroxyl groups is 1. The number of piperidine rings is 1. The highest BCUT2D eigenvalue weighted by Gasteiger charge is 2.37. The van der Waals surface area contributed by atoms with Crippen LogP contribution >= 0.6 is 0 Å². The summed E-state index contributed by atoms with van der Waals surface area (Å²) < 4.78 is 82.0. The zero-order chi connectivity index (χ0) is 24.9. The Labute approximate surface area is 193 Å². The maximum absolute atomic E-state index is 13.7. The summed E-state index contributed by atoms with van der Waals surface area (Å²) in [5.41, 5.74) is -3.31. The van der Waals surface area contributed by atoms with Crippen molar-refractivity contribution in [2.24, 2.45) is 5.92 Å². The second kappa shape index (κ2) is 10.5. The fourth-order valence-corrected chi connectivity index (χ4v) is 3.92. The summed E-state index contributed by atoms with van der Waals surface area (Å²) in [6.45, 7) is 0.860. The Morgan fingerprint density at radius 1 is 0.882 bits per heavy atom. The molecule has 2 aromatic carbocycles. The number of aliphatic hydroxyl groups excluding tert-OH is 1. The molecule has 1 amide bonds. The fourth-order valence-electron chi connectivity index (χ4n) is 3.92. The van der Waals surface area contributed by atoms with Gasteiger partial charge in [0.15, 0.2) is 0 Å². The maximum Gasteiger partial charge on any atom is 0.417 e. The molecule has 1 fully saturated rings. The number of halogens is 6. The molecule has 0 bridgehead atoms. The lowest BCUT2D eigenvalue weighted by atomic mass is 9.90. The molecule has 182 valence electrons. The minimum Gasteiger partial charge on any atom is -0.396 e. The third-order valence-electron chi connectivity index (χ3n) is 5.73. The lowest BCUT2D eigenvalue weighted by Gasteiger charge is -2.30. The number of amides is 1. The van der Waals surface area contributed by atoms with Gasteiger partial charge >= 0.3 is 12.4 Å². The highest BCUT2D eigenvalue weighted by atomic mass is 19.4. The van der Waals surface area contributed by atoms with Gasteiger partial charge in [-0.3, -0.25) is 4.79 Å². The second-order valence-corrected chi connectivity index (χ2v) is 7.98. The zero-order valence-electron chi connectivity index (χ0n) is 18.0. The van der Waals surface area contributed by atoms with Gasteiger partial charge in [-0.15, -0.1) is 0 Å². The molecule has 2 aromatic rings. The van der Waals surface area contributed by atoms with Gasteiger partial charge in [0, 0.05) is 25.8 Å². The Morgan fingerprint density at radius 2 is 1.35 bits per heavy atom. The van der Waals surface area contributed by atoms with Gasteiger partial charge in [-0.05, 0) is 47.6 Å². The second-order valence-electron chi connectivity index (χ2n) is 7.98. The monoisotopic (exact) mass is 483 g/mol. The molecule has 1 saturated heterocycles. The van der Waals surface area contributed by atoms with Crippen LogP contribution in [0.4, 0.5) is 26.3 Å². The smallest absolute Gasteiger partial charge is 0.396 e. The van der Waals surface area contributed by atoms with E-state index in [0.717, 1.165) is 48.6 Å². The minimum absolute atomic E-state index is 0.0290. The van der Waals surface area contributed by atoms with Crippen LogP contribution in [0.1, 0.15) is 35.1 Å². The maximum atomic E-state index is 13.7. The summed E-state index contributed by atoms with van der Waals surface area (Å²) in [6, 6.07) is 8.78. The molecule has 1 N–H and O–H groups in total. The molecular formula is C25H23F6NO2. The standard InChI is InChI=1S/C25H23F6NO2/c26-24(27,28)21-9-3-1-6-19(21)18(20-7-2-4-10-22(20)25(29,30)31)8-5-11-23(34)32-14-12-17(16-33)13-15-32/h1-11,17,33H,12-16H2. The molecule has 0 aliphatic carbocycles. The highest BCUT2D eigenvalue weighted by molar-refractivity contribution is 5.89. The third kappa shape index (κ3) is 6.08. The van der Waals surface area contributed by atoms with Crippen LogP contribution < -0.4 is 0 Å². The Balaban J connectivity index is 2.04. The highest BCUT2D eigenvalue weighted by Crippen LogP contribution is 2.41. The first-order valence-electron chi connectivity index (χ1n) is 10.6. The fraction of sp³-hybridized carbons (Fsp3) is 0.320. The van der Waals surface area contributed by atoms with Crippen molar-refractivity contribution in [2.45, 2.75) is 25.2 Å². The summed E-state index contributed by atoms with van der Waals surface area (Å²) >= 11 is 0. The SMILES string of the molecule is O=C(C=CC=C(c1ccccc1C(F)(F)F)c1ccccc1C(F)(F)F)N1CCC(CO)CC1. The van der Waals surface area contributed by atoms with Crippen molar-refractivity contribution in [3.63, 3.8) is 0 Å². The van der Waals surface area contributed by atoms with Crippen molar-refractivity contribution in [1.29, 1.82) is 0 Å². The first-order chi connectivity index (χ1) is 16.0. The summed E-state index contributed by atoms with van der Waals surface area (Å²) in [6.07, 6.45) is -4.93. The Kier molecular flexibility index (Phi) is 7.86. The summed E-state index contributed by atoms with van der Waals surface area (Å²) in [4.78, 5) is 14.0. The van der Waals surface area contributed by atoms with Gasteiger partial charge in [-0.2, -0.15) is 26.3 Å². The summed E-state index contributed by atoms with van der Waals surface area (Å²) in [5, 5.41) is 9.21. The number of hydrogen-bond donors (Lipinski definition) is 1. The number of nitrogens with zero attached hydrogens (tertiary/aromatic N) is 1. The van der Waals surface area contributed by atoms with Gasteiger partial charge in [-0.1, -0.05) is 48.6 Å². The molecule has 0 aromatic heterocycles. The number of likely N-dealkylation sites (tertiary alicyclic amines) is 1. The van der Waals surface area contributed by atoms with E-state index < -0.39 is 40.5 Å². The molecule has 1 aliphatic rings. The van der Waals surface area contributed by atoms with E-state index in [1.54, 1.807) is 0 Å². The molecule has 9 heteroatoms. The predicted octanol–water partition coefficient (Wildman–Crippen LogP) is 5.94. The van der Waals surface area contributed by atoms with Crippen LogP contribution in [0.2, 0.25) is 0 Å². The van der Waals surface area contributed by atoms with Crippen LogP contribution in [-0.2, 0) is 17.1 Å². The van der Waals surface area contributed by atoms with Crippen LogP contribution in [0.3, 0.4) is 0 Å². The van der Waals surface area contributed by atoms with E-state index in [2.05, 4.69) is 0 Å². The van der Waals surface area contributed by atoms with E-state index in [-0.39, 0.29) is 18.1 Å². The van der Waals surface area contributed by atoms with Gasteiger partial charge in [0.25, 0.3) is 0 Å². The average molecular weight is 483 g/mol. The molecule has 0 spiro atoms. The average Bonchev–Trinajstić information content (AvgIpc) is 2.81. The van der Waals surface area contributed by atoms with Crippen LogP contribution in [0, 0.1) is 5.92 Å². The lowest BCUT2D eigenvalue weighted by Crippen LogP contribution is -2.38. The van der Waals surface area contributed by atoms with E-state index in [1.807, 2.05) is 0 Å². The van der Waals surface area contributed by atoms with Crippen molar-refractivity contribution < 1.29 is 36.2 Å². The predicted molar refractivity (Wildman–Crippen MR) is 115 cm³/mol. The van der Waals surface area contributed by atoms with E-state index in [4.69, 9.17) is 0 Å². The first-order valence-corrected chi connectivity index (χ1v) is 10.6. The summed E-state index contributed by atoms with van der Waals surface area (Å²) in [7, 11) is 0. The van der Waals surface area contributed by atoms with Crippen molar-refractivity contribution in [2.75, 3.05) is 19.7 Å². The first kappa shape index (κ1) is 25.6. The molecule has 1 heterocycles. The van der Waals surface area contributed by atoms with E-state index in [0.29, 0.717) is 25.9 Å².